The van der Waals surface area contributed by atoms with E-state index < -0.39 is 7.81 Å². The normalized spacial score (nSPS) is 12.6. The van der Waals surface area contributed by atoms with E-state index in [1.807, 2.05) is 43.3 Å². The predicted octanol–water partition coefficient (Wildman–Crippen LogP) is 6.39. The Morgan fingerprint density at radius 2 is 1.31 bits per heavy atom. The molecule has 0 aliphatic heterocycles. The van der Waals surface area contributed by atoms with Gasteiger partial charge < -0.3 is 17.3 Å². The SMILES string of the molecule is CN(C)c1ccc(N=Nc2ccn[nH]2)cc1.Cc1ccc(C(C)C)cc1.F[P-](F)(F)(F)(F)F.[Cl-].[Ru+2]. The molecule has 0 spiro atoms. The van der Waals surface area contributed by atoms with Crippen LogP contribution in [0.15, 0.2) is 71.0 Å². The van der Waals surface area contributed by atoms with E-state index in [0.29, 0.717) is 11.7 Å². The van der Waals surface area contributed by atoms with Gasteiger partial charge in [0, 0.05) is 25.8 Å². The molecule has 0 radical (unpaired) electrons. The van der Waals surface area contributed by atoms with Gasteiger partial charge in [0.2, 0.25) is 0 Å². The van der Waals surface area contributed by atoms with Crippen LogP contribution in [0.1, 0.15) is 30.9 Å². The third kappa shape index (κ3) is 19.9. The molecule has 0 aliphatic rings. The van der Waals surface area contributed by atoms with Crippen LogP contribution in [0.5, 0.6) is 0 Å². The molecule has 5 nitrogen and oxygen atoms in total. The number of aromatic amines is 1. The number of hydrogen-bond donors (Lipinski definition) is 1. The Morgan fingerprint density at radius 3 is 1.69 bits per heavy atom. The minimum atomic E-state index is -10.7. The smallest absolute Gasteiger partial charge is 1.00 e. The molecule has 1 N–H and O–H groups in total. The number of nitrogens with one attached hydrogen (secondary N) is 1. The molecule has 0 aliphatic carbocycles. The van der Waals surface area contributed by atoms with Gasteiger partial charge in [0.05, 0.1) is 11.9 Å². The topological polar surface area (TPSA) is 56.6 Å². The first-order valence-corrected chi connectivity index (χ1v) is 11.7. The van der Waals surface area contributed by atoms with Gasteiger partial charge in [-0.1, -0.05) is 43.7 Å². The van der Waals surface area contributed by atoms with E-state index in [9.17, 15) is 25.2 Å². The van der Waals surface area contributed by atoms with E-state index in [0.717, 1.165) is 11.4 Å². The molecule has 0 bridgehead atoms. The summed E-state index contributed by atoms with van der Waals surface area (Å²) in [5, 5.41) is 14.6. The Morgan fingerprint density at radius 1 is 0.829 bits per heavy atom. The molecule has 1 heterocycles. The summed E-state index contributed by atoms with van der Waals surface area (Å²) in [6.07, 6.45) is 1.64. The summed E-state index contributed by atoms with van der Waals surface area (Å²) in [5.74, 6) is 1.30. The van der Waals surface area contributed by atoms with E-state index in [2.05, 4.69) is 65.5 Å². The summed E-state index contributed by atoms with van der Waals surface area (Å²) < 4.78 is 59.2. The quantitative estimate of drug-likeness (QED) is 0.157. The number of nitrogens with zero attached hydrogens (tertiary/aromatic N) is 4. The van der Waals surface area contributed by atoms with Crippen LogP contribution in [-0.2, 0) is 19.5 Å². The van der Waals surface area contributed by atoms with Crippen LogP contribution in [0.25, 0.3) is 0 Å². The van der Waals surface area contributed by atoms with Crippen molar-refractivity contribution in [3.63, 3.8) is 0 Å². The van der Waals surface area contributed by atoms with Crippen LogP contribution in [0, 0.1) is 6.92 Å². The Balaban J connectivity index is 0. The number of aromatic nitrogens is 2. The van der Waals surface area contributed by atoms with Crippen molar-refractivity contribution in [1.82, 2.24) is 10.2 Å². The molecule has 0 saturated heterocycles. The summed E-state index contributed by atoms with van der Waals surface area (Å²) >= 11 is 0. The molecule has 0 atom stereocenters. The van der Waals surface area contributed by atoms with Gasteiger partial charge in [-0.2, -0.15) is 5.10 Å². The Bertz CT molecular complexity index is 1000. The fourth-order valence-electron chi connectivity index (χ4n) is 2.18. The van der Waals surface area contributed by atoms with Crippen LogP contribution in [0.2, 0.25) is 0 Å². The van der Waals surface area contributed by atoms with E-state index >= 15 is 0 Å². The number of halogens is 7. The third-order valence-corrected chi connectivity index (χ3v) is 3.87. The van der Waals surface area contributed by atoms with E-state index in [1.165, 1.54) is 11.1 Å². The molecule has 198 valence electrons. The molecular formula is C21H27ClF6N5PRu. The van der Waals surface area contributed by atoms with Crippen molar-refractivity contribution in [2.75, 3.05) is 19.0 Å². The zero-order valence-corrected chi connectivity index (χ0v) is 23.0. The number of rotatable bonds is 4. The average molecular weight is 631 g/mol. The first kappa shape index (κ1) is 35.1. The largest absolute Gasteiger partial charge is 2.00 e. The summed E-state index contributed by atoms with van der Waals surface area (Å²) in [6.45, 7) is 6.54. The number of azo groups is 1. The molecule has 1 aromatic heterocycles. The molecule has 2 aromatic carbocycles. The summed E-state index contributed by atoms with van der Waals surface area (Å²) in [6, 6.07) is 18.3. The van der Waals surface area contributed by atoms with Crippen LogP contribution >= 0.6 is 7.81 Å². The zero-order valence-electron chi connectivity index (χ0n) is 19.6. The molecule has 0 amide bonds. The van der Waals surface area contributed by atoms with E-state index in [1.54, 1.807) is 12.3 Å². The van der Waals surface area contributed by atoms with Crippen LogP contribution in [0.4, 0.5) is 42.4 Å². The van der Waals surface area contributed by atoms with Crippen molar-refractivity contribution in [1.29, 1.82) is 0 Å². The summed E-state index contributed by atoms with van der Waals surface area (Å²) in [7, 11) is -6.66. The second kappa shape index (κ2) is 13.3. The fourth-order valence-corrected chi connectivity index (χ4v) is 2.18. The number of hydrogen-bond acceptors (Lipinski definition) is 4. The van der Waals surface area contributed by atoms with Crippen molar-refractivity contribution >= 4 is 25.0 Å². The van der Waals surface area contributed by atoms with Gasteiger partial charge >= 0.3 is 52.5 Å². The Kier molecular flexibility index (Phi) is 13.4. The van der Waals surface area contributed by atoms with Gasteiger partial charge in [-0.15, -0.1) is 10.2 Å². The number of anilines is 1. The van der Waals surface area contributed by atoms with Crippen molar-refractivity contribution < 1.29 is 57.1 Å². The second-order valence-corrected chi connectivity index (χ2v) is 9.49. The minimum Gasteiger partial charge on any atom is -1.00 e. The minimum absolute atomic E-state index is 0. The maximum atomic E-state index is 9.87. The maximum absolute atomic E-state index is 10.7. The molecular weight excluding hydrogens is 604 g/mol. The number of aryl methyl sites for hydroxylation is 1. The Hall–Kier alpha value is -2.03. The van der Waals surface area contributed by atoms with Crippen molar-refractivity contribution in [2.24, 2.45) is 10.2 Å². The molecule has 14 heteroatoms. The zero-order chi connectivity index (χ0) is 25.3. The maximum Gasteiger partial charge on any atom is 2.00 e. The average Bonchev–Trinajstić information content (AvgIpc) is 3.19. The van der Waals surface area contributed by atoms with Gasteiger partial charge in [-0.3, -0.25) is 5.10 Å². The van der Waals surface area contributed by atoms with Gasteiger partial charge in [0.15, 0.2) is 5.82 Å². The van der Waals surface area contributed by atoms with E-state index in [4.69, 9.17) is 0 Å². The fraction of sp³-hybridized carbons (Fsp3) is 0.286. The standard InChI is InChI=1S/C11H13N5.C10H14.ClH.F6P.Ru/c1-16(2)10-5-3-9(4-6-10)13-15-11-7-8-12-14-11;1-8(2)10-6-4-9(3)5-7-10;;1-7(2,3,4,5)6;/h3-8H,1-2H3,(H,12,14);4-8H,1-3H3;1H;;/q;;;-1;+2/p-1. The number of H-pyrrole nitrogens is 1. The molecule has 0 saturated carbocycles. The first-order chi connectivity index (χ1) is 14.9. The molecule has 0 unspecified atom stereocenters. The Labute approximate surface area is 219 Å². The van der Waals surface area contributed by atoms with Crippen molar-refractivity contribution in [3.8, 4) is 0 Å². The van der Waals surface area contributed by atoms with Crippen LogP contribution in [-0.4, -0.2) is 24.3 Å². The molecule has 0 fully saturated rings. The summed E-state index contributed by atoms with van der Waals surface area (Å²) in [5.41, 5.74) is 4.72. The molecule has 3 rings (SSSR count). The molecule has 35 heavy (non-hydrogen) atoms. The van der Waals surface area contributed by atoms with Gasteiger partial charge in [0.25, 0.3) is 0 Å². The first-order valence-electron chi connectivity index (χ1n) is 9.72. The van der Waals surface area contributed by atoms with Gasteiger partial charge in [-0.25, -0.2) is 0 Å². The van der Waals surface area contributed by atoms with Crippen molar-refractivity contribution in [3.05, 3.63) is 71.9 Å². The van der Waals surface area contributed by atoms with Gasteiger partial charge in [0.1, 0.15) is 0 Å². The number of benzene rings is 2. The van der Waals surface area contributed by atoms with Gasteiger partial charge in [-0.05, 0) is 42.7 Å². The third-order valence-electron chi connectivity index (χ3n) is 3.87. The monoisotopic (exact) mass is 631 g/mol. The molecule has 3 aromatic rings. The summed E-state index contributed by atoms with van der Waals surface area (Å²) in [4.78, 5) is 2.04. The van der Waals surface area contributed by atoms with Crippen molar-refractivity contribution in [2.45, 2.75) is 26.7 Å². The van der Waals surface area contributed by atoms with E-state index in [-0.39, 0.29) is 31.9 Å². The second-order valence-electron chi connectivity index (χ2n) is 7.58. The predicted molar refractivity (Wildman–Crippen MR) is 122 cm³/mol. The van der Waals surface area contributed by atoms with Crippen LogP contribution < -0.4 is 17.3 Å². The van der Waals surface area contributed by atoms with Crippen LogP contribution in [0.3, 0.4) is 0 Å².